The van der Waals surface area contributed by atoms with E-state index in [4.69, 9.17) is 0 Å². The predicted octanol–water partition coefficient (Wildman–Crippen LogP) is 8.05. The minimum absolute atomic E-state index is 0.155. The Balaban J connectivity index is 1.18. The van der Waals surface area contributed by atoms with Crippen LogP contribution < -0.4 is 21.3 Å². The van der Waals surface area contributed by atoms with Crippen molar-refractivity contribution in [2.45, 2.75) is 152 Å². The average molecular weight is 663 g/mol. The van der Waals surface area contributed by atoms with Gasteiger partial charge in [0.25, 0.3) is 0 Å². The van der Waals surface area contributed by atoms with E-state index >= 15 is 0 Å². The fourth-order valence-electron chi connectivity index (χ4n) is 15.9. The number of nitrogens with one attached hydrogen (secondary N) is 4. The van der Waals surface area contributed by atoms with E-state index in [1.54, 1.807) is 24.0 Å². The molecule has 10 aliphatic rings. The quantitative estimate of drug-likeness (QED) is 0.223. The molecule has 254 valence electrons. The summed E-state index contributed by atoms with van der Waals surface area (Å²) in [6, 6.07) is 9.88. The van der Waals surface area contributed by atoms with E-state index in [-0.39, 0.29) is 25.4 Å². The first kappa shape index (κ1) is 31.9. The molecule has 4 nitrogen and oxygen atoms in total. The fraction of sp³-hybridized carbons (Fsp3) is 0.850. The topological polar surface area (TPSA) is 48.1 Å². The molecule has 2 saturated heterocycles. The maximum Gasteiger partial charge on any atom is 0.0735 e. The maximum absolute atomic E-state index is 3.97. The zero-order valence-corrected chi connectivity index (χ0v) is 31.6. The van der Waals surface area contributed by atoms with Gasteiger partial charge < -0.3 is 21.3 Å². The van der Waals surface area contributed by atoms with Gasteiger partial charge in [-0.15, -0.1) is 9.24 Å². The maximum atomic E-state index is 3.97. The van der Waals surface area contributed by atoms with Crippen molar-refractivity contribution in [3.05, 3.63) is 35.4 Å². The summed E-state index contributed by atoms with van der Waals surface area (Å²) in [5.74, 6) is 1.94. The van der Waals surface area contributed by atoms with E-state index in [0.717, 1.165) is 38.0 Å². The Morgan fingerprint density at radius 3 is 1.46 bits per heavy atom. The molecule has 1 aromatic rings. The van der Waals surface area contributed by atoms with E-state index in [1.165, 1.54) is 83.2 Å². The molecule has 5 unspecified atom stereocenters. The lowest BCUT2D eigenvalue weighted by Gasteiger charge is -2.73. The average Bonchev–Trinajstić information content (AvgIpc) is 2.97. The Kier molecular flexibility index (Phi) is 7.42. The summed E-state index contributed by atoms with van der Waals surface area (Å²) in [5.41, 5.74) is 5.54. The van der Waals surface area contributed by atoms with Crippen molar-refractivity contribution in [1.29, 1.82) is 0 Å². The lowest BCUT2D eigenvalue weighted by atomic mass is 9.44. The van der Waals surface area contributed by atoms with Crippen LogP contribution in [0.25, 0.3) is 0 Å². The van der Waals surface area contributed by atoms with Gasteiger partial charge in [-0.25, -0.2) is 0 Å². The highest BCUT2D eigenvalue weighted by Crippen LogP contribution is 2.84. The first-order valence-electron chi connectivity index (χ1n) is 19.4. The summed E-state index contributed by atoms with van der Waals surface area (Å²) < 4.78 is 0. The standard InChI is InChI=1S/C40H64N4P2/c1-34-15-28-16-35(2,22-34)25-38(19-28,24-34)46(39-20-29-17-36(3,26-39)23-37(4,18-29)27-39)21-30-9-5-6-10-31(30)40(45,32-41-11-7-12-42-32)33-43-13-8-14-44-33/h5-6,9-10,28-29,32-33,41-44H,7-8,11-27,45H2,1-4H3. The third-order valence-electron chi connectivity index (χ3n) is 15.2. The molecule has 5 atom stereocenters. The highest BCUT2D eigenvalue weighted by atomic mass is 31.1. The van der Waals surface area contributed by atoms with Crippen molar-refractivity contribution in [2.24, 2.45) is 33.5 Å². The molecule has 11 rings (SSSR count). The van der Waals surface area contributed by atoms with Crippen LogP contribution in [0.3, 0.4) is 0 Å². The van der Waals surface area contributed by atoms with Crippen molar-refractivity contribution in [3.8, 4) is 0 Å². The Morgan fingerprint density at radius 2 is 1.04 bits per heavy atom. The van der Waals surface area contributed by atoms with Crippen molar-refractivity contribution in [3.63, 3.8) is 0 Å². The van der Waals surface area contributed by atoms with Gasteiger partial charge in [0.2, 0.25) is 0 Å². The predicted molar refractivity (Wildman–Crippen MR) is 198 cm³/mol. The minimum atomic E-state index is -0.202. The van der Waals surface area contributed by atoms with Gasteiger partial charge in [0.05, 0.1) is 17.5 Å². The largest absolute Gasteiger partial charge is 0.301 e. The molecule has 6 heteroatoms. The van der Waals surface area contributed by atoms with Gasteiger partial charge in [-0.3, -0.25) is 0 Å². The van der Waals surface area contributed by atoms with Crippen molar-refractivity contribution < 1.29 is 0 Å². The van der Waals surface area contributed by atoms with Crippen molar-refractivity contribution in [1.82, 2.24) is 21.3 Å². The van der Waals surface area contributed by atoms with Crippen LogP contribution in [0, 0.1) is 33.5 Å². The zero-order chi connectivity index (χ0) is 31.6. The minimum Gasteiger partial charge on any atom is -0.301 e. The monoisotopic (exact) mass is 662 g/mol. The highest BCUT2D eigenvalue weighted by Gasteiger charge is 2.69. The second-order valence-electron chi connectivity index (χ2n) is 20.3. The number of rotatable bonds is 7. The zero-order valence-electron chi connectivity index (χ0n) is 29.6. The second kappa shape index (κ2) is 10.7. The molecule has 10 fully saturated rings. The molecule has 46 heavy (non-hydrogen) atoms. The van der Waals surface area contributed by atoms with Crippen molar-refractivity contribution in [2.75, 3.05) is 26.2 Å². The molecule has 4 N–H and O–H groups in total. The molecule has 8 aliphatic carbocycles. The molecule has 1 aromatic carbocycles. The molecular weight excluding hydrogens is 598 g/mol. The van der Waals surface area contributed by atoms with Crippen LogP contribution in [0.15, 0.2) is 24.3 Å². The molecule has 0 radical (unpaired) electrons. The smallest absolute Gasteiger partial charge is 0.0735 e. The molecule has 0 spiro atoms. The van der Waals surface area contributed by atoms with Crippen LogP contribution >= 0.6 is 17.2 Å². The van der Waals surface area contributed by atoms with E-state index in [1.807, 2.05) is 0 Å². The number of hydrogen-bond acceptors (Lipinski definition) is 4. The van der Waals surface area contributed by atoms with Gasteiger partial charge in [-0.05, 0) is 177 Å². The number of hydrogen-bond donors (Lipinski definition) is 4. The molecule has 0 amide bonds. The highest BCUT2D eigenvalue weighted by molar-refractivity contribution is 7.60. The third kappa shape index (κ3) is 5.02. The lowest BCUT2D eigenvalue weighted by Crippen LogP contribution is -2.69. The van der Waals surface area contributed by atoms with Crippen LogP contribution in [-0.2, 0) is 11.3 Å². The molecule has 8 saturated carbocycles. The van der Waals surface area contributed by atoms with Gasteiger partial charge in [0.15, 0.2) is 0 Å². The van der Waals surface area contributed by atoms with E-state index in [2.05, 4.69) is 82.5 Å². The Hall–Kier alpha value is -0.0800. The molecule has 2 aliphatic heterocycles. The molecule has 8 bridgehead atoms. The summed E-state index contributed by atoms with van der Waals surface area (Å²) in [4.78, 5) is 0. The van der Waals surface area contributed by atoms with E-state index in [9.17, 15) is 0 Å². The third-order valence-corrected chi connectivity index (χ3v) is 20.1. The second-order valence-corrected chi connectivity index (χ2v) is 24.3. The van der Waals surface area contributed by atoms with Crippen LogP contribution in [-0.4, -0.2) is 48.8 Å². The van der Waals surface area contributed by atoms with Crippen molar-refractivity contribution >= 4 is 17.2 Å². The van der Waals surface area contributed by atoms with Gasteiger partial charge in [-0.1, -0.05) is 59.9 Å². The summed E-state index contributed by atoms with van der Waals surface area (Å²) >= 11 is 0. The van der Waals surface area contributed by atoms with Crippen LogP contribution in [0.4, 0.5) is 0 Å². The van der Waals surface area contributed by atoms with Gasteiger partial charge in [0, 0.05) is 0 Å². The molecular formula is C40H64N4P2. The molecule has 0 aromatic heterocycles. The Labute approximate surface area is 284 Å². The normalized spacial score (nSPS) is 47.8. The SMILES string of the molecule is CC12CC3CC(C)(C1)CC(P(Cc1ccccc1C(P)(C1NCCCN1)C1NCCCN1)C14CC5CC(C)(CC(C)(C5)C1)C4)(C3)C2. The van der Waals surface area contributed by atoms with E-state index in [0.29, 0.717) is 32.0 Å². The lowest BCUT2D eigenvalue weighted by molar-refractivity contribution is -0.0922. The van der Waals surface area contributed by atoms with Gasteiger partial charge >= 0.3 is 0 Å². The van der Waals surface area contributed by atoms with Crippen LogP contribution in [0.2, 0.25) is 0 Å². The summed E-state index contributed by atoms with van der Waals surface area (Å²) in [6.45, 7) is 15.3. The first-order valence-corrected chi connectivity index (χ1v) is 21.5. The molecule has 2 heterocycles. The summed E-state index contributed by atoms with van der Waals surface area (Å²) in [6.07, 6.45) is 22.5. The van der Waals surface area contributed by atoms with Gasteiger partial charge in [0.1, 0.15) is 0 Å². The first-order chi connectivity index (χ1) is 21.9. The fourth-order valence-corrected chi connectivity index (χ4v) is 22.2. The summed E-state index contributed by atoms with van der Waals surface area (Å²) in [7, 11) is 3.27. The summed E-state index contributed by atoms with van der Waals surface area (Å²) in [5, 5.41) is 16.8. The van der Waals surface area contributed by atoms with E-state index < -0.39 is 0 Å². The Morgan fingerprint density at radius 1 is 0.630 bits per heavy atom. The van der Waals surface area contributed by atoms with Crippen LogP contribution in [0.1, 0.15) is 129 Å². The van der Waals surface area contributed by atoms with Crippen LogP contribution in [0.5, 0.6) is 0 Å². The number of benzene rings is 1. The Bertz CT molecular complexity index is 1240. The van der Waals surface area contributed by atoms with Gasteiger partial charge in [-0.2, -0.15) is 0 Å².